The van der Waals surface area contributed by atoms with Crippen LogP contribution in [-0.2, 0) is 11.3 Å². The summed E-state index contributed by atoms with van der Waals surface area (Å²) in [5, 5.41) is 13.3. The second-order valence-electron chi connectivity index (χ2n) is 5.51. The molecule has 3 aromatic rings. The fourth-order valence-electron chi connectivity index (χ4n) is 2.51. The summed E-state index contributed by atoms with van der Waals surface area (Å²) in [6.45, 7) is 1.65. The predicted molar refractivity (Wildman–Crippen MR) is 86.0 cm³/mol. The van der Waals surface area contributed by atoms with Crippen LogP contribution in [-0.4, -0.2) is 25.7 Å². The summed E-state index contributed by atoms with van der Waals surface area (Å²) in [5.41, 5.74) is 0.638. The minimum Gasteiger partial charge on any atom is -0.461 e. The van der Waals surface area contributed by atoms with Gasteiger partial charge in [0.1, 0.15) is 0 Å². The second-order valence-corrected chi connectivity index (χ2v) is 5.51. The SMILES string of the molecule is Cc1ccoc1C(=O)[C@@H](C#N)C(=O)CCn1nc2ccccn2c1=O. The van der Waals surface area contributed by atoms with Crippen LogP contribution in [0.15, 0.2) is 45.9 Å². The first-order valence-electron chi connectivity index (χ1n) is 7.57. The van der Waals surface area contributed by atoms with E-state index in [2.05, 4.69) is 5.10 Å². The Morgan fingerprint density at radius 2 is 2.16 bits per heavy atom. The van der Waals surface area contributed by atoms with Crippen LogP contribution >= 0.6 is 0 Å². The number of fused-ring (bicyclic) bond motifs is 1. The Hall–Kier alpha value is -3.47. The standard InChI is InChI=1S/C17H14N4O4/c1-11-6-9-25-16(11)15(23)12(10-18)13(22)5-8-21-17(24)20-7-3-2-4-14(20)19-21/h2-4,6-7,9,12H,5,8H2,1H3/t12-/m0/s1. The van der Waals surface area contributed by atoms with Crippen molar-refractivity contribution in [2.75, 3.05) is 0 Å². The number of furan rings is 1. The van der Waals surface area contributed by atoms with Gasteiger partial charge in [-0.1, -0.05) is 6.07 Å². The predicted octanol–water partition coefficient (Wildman–Crippen LogP) is 1.38. The molecule has 0 radical (unpaired) electrons. The number of aryl methyl sites for hydroxylation is 2. The van der Waals surface area contributed by atoms with Gasteiger partial charge in [0, 0.05) is 12.6 Å². The normalized spacial score (nSPS) is 12.0. The van der Waals surface area contributed by atoms with Gasteiger partial charge in [-0.05, 0) is 30.7 Å². The number of hydrogen-bond donors (Lipinski definition) is 0. The van der Waals surface area contributed by atoms with Crippen molar-refractivity contribution in [3.63, 3.8) is 0 Å². The highest BCUT2D eigenvalue weighted by molar-refractivity contribution is 6.12. The lowest BCUT2D eigenvalue weighted by atomic mass is 9.95. The van der Waals surface area contributed by atoms with E-state index < -0.39 is 17.5 Å². The minimum atomic E-state index is -1.46. The highest BCUT2D eigenvalue weighted by Gasteiger charge is 2.30. The maximum Gasteiger partial charge on any atom is 0.350 e. The molecule has 3 heterocycles. The maximum atomic E-state index is 12.3. The summed E-state index contributed by atoms with van der Waals surface area (Å²) in [4.78, 5) is 36.7. The van der Waals surface area contributed by atoms with Gasteiger partial charge < -0.3 is 4.42 Å². The monoisotopic (exact) mass is 338 g/mol. The molecule has 0 saturated carbocycles. The Labute approximate surface area is 141 Å². The van der Waals surface area contributed by atoms with E-state index in [0.717, 1.165) is 4.68 Å². The number of nitrogens with zero attached hydrogens (tertiary/aromatic N) is 4. The lowest BCUT2D eigenvalue weighted by Gasteiger charge is -2.06. The molecule has 0 aliphatic carbocycles. The number of hydrogen-bond acceptors (Lipinski definition) is 6. The van der Waals surface area contributed by atoms with Crippen LogP contribution in [0, 0.1) is 24.2 Å². The highest BCUT2D eigenvalue weighted by atomic mass is 16.3. The third-order valence-corrected chi connectivity index (χ3v) is 3.86. The first kappa shape index (κ1) is 16.4. The van der Waals surface area contributed by atoms with Crippen LogP contribution < -0.4 is 5.69 Å². The number of ketones is 2. The van der Waals surface area contributed by atoms with E-state index in [1.54, 1.807) is 43.5 Å². The lowest BCUT2D eigenvalue weighted by molar-refractivity contribution is -0.120. The van der Waals surface area contributed by atoms with E-state index in [9.17, 15) is 19.6 Å². The van der Waals surface area contributed by atoms with Gasteiger partial charge in [-0.15, -0.1) is 5.10 Å². The molecular weight excluding hydrogens is 324 g/mol. The van der Waals surface area contributed by atoms with E-state index >= 15 is 0 Å². The third kappa shape index (κ3) is 2.99. The van der Waals surface area contributed by atoms with Gasteiger partial charge in [-0.25, -0.2) is 9.48 Å². The molecule has 1 atom stereocenters. The average Bonchev–Trinajstić information content (AvgIpc) is 3.17. The van der Waals surface area contributed by atoms with Crippen LogP contribution in [0.2, 0.25) is 0 Å². The number of carbonyl (C=O) groups is 2. The summed E-state index contributed by atoms with van der Waals surface area (Å²) in [6.07, 6.45) is 2.75. The number of aromatic nitrogens is 3. The Balaban J connectivity index is 1.75. The zero-order valence-corrected chi connectivity index (χ0v) is 13.4. The molecule has 0 unspecified atom stereocenters. The largest absolute Gasteiger partial charge is 0.461 e. The molecule has 3 aromatic heterocycles. The van der Waals surface area contributed by atoms with E-state index in [-0.39, 0.29) is 24.4 Å². The number of Topliss-reactive ketones (excluding diaryl/α,β-unsaturated/α-hetero) is 2. The second kappa shape index (κ2) is 6.57. The Morgan fingerprint density at radius 3 is 2.80 bits per heavy atom. The molecule has 0 bridgehead atoms. The van der Waals surface area contributed by atoms with Crippen molar-refractivity contribution in [1.29, 1.82) is 5.26 Å². The van der Waals surface area contributed by atoms with E-state index in [1.165, 1.54) is 10.7 Å². The molecule has 0 aromatic carbocycles. The fraction of sp³-hybridized carbons (Fsp3) is 0.235. The summed E-state index contributed by atoms with van der Waals surface area (Å²) < 4.78 is 7.55. The molecule has 0 spiro atoms. The molecule has 8 nitrogen and oxygen atoms in total. The van der Waals surface area contributed by atoms with Crippen LogP contribution in [0.1, 0.15) is 22.5 Å². The molecule has 0 N–H and O–H groups in total. The fourth-order valence-corrected chi connectivity index (χ4v) is 2.51. The van der Waals surface area contributed by atoms with Gasteiger partial charge in [0.2, 0.25) is 5.78 Å². The molecule has 3 rings (SSSR count). The summed E-state index contributed by atoms with van der Waals surface area (Å²) in [7, 11) is 0. The van der Waals surface area contributed by atoms with Crippen molar-refractivity contribution in [3.05, 3.63) is 58.5 Å². The van der Waals surface area contributed by atoms with Gasteiger partial charge in [0.05, 0.1) is 18.9 Å². The zero-order valence-electron chi connectivity index (χ0n) is 13.4. The molecular formula is C17H14N4O4. The smallest absolute Gasteiger partial charge is 0.350 e. The van der Waals surface area contributed by atoms with E-state index in [4.69, 9.17) is 4.42 Å². The van der Waals surface area contributed by atoms with Crippen molar-refractivity contribution in [2.45, 2.75) is 19.9 Å². The van der Waals surface area contributed by atoms with Crippen molar-refractivity contribution in [3.8, 4) is 6.07 Å². The van der Waals surface area contributed by atoms with Crippen LogP contribution in [0.3, 0.4) is 0 Å². The lowest BCUT2D eigenvalue weighted by Crippen LogP contribution is -2.27. The first-order valence-corrected chi connectivity index (χ1v) is 7.57. The number of rotatable bonds is 6. The topological polar surface area (TPSA) is 110 Å². The molecule has 0 amide bonds. The summed E-state index contributed by atoms with van der Waals surface area (Å²) >= 11 is 0. The van der Waals surface area contributed by atoms with Crippen LogP contribution in [0.4, 0.5) is 0 Å². The van der Waals surface area contributed by atoms with Gasteiger partial charge in [-0.3, -0.25) is 14.0 Å². The summed E-state index contributed by atoms with van der Waals surface area (Å²) in [5.74, 6) is -2.70. The third-order valence-electron chi connectivity index (χ3n) is 3.86. The molecule has 0 saturated heterocycles. The number of carbonyl (C=O) groups excluding carboxylic acids is 2. The van der Waals surface area contributed by atoms with Crippen LogP contribution in [0.25, 0.3) is 5.65 Å². The van der Waals surface area contributed by atoms with E-state index in [0.29, 0.717) is 11.2 Å². The van der Waals surface area contributed by atoms with E-state index in [1.807, 2.05) is 0 Å². The quantitative estimate of drug-likeness (QED) is 0.496. The Morgan fingerprint density at radius 1 is 1.36 bits per heavy atom. The molecule has 8 heteroatoms. The van der Waals surface area contributed by atoms with Crippen molar-refractivity contribution in [1.82, 2.24) is 14.2 Å². The van der Waals surface area contributed by atoms with Gasteiger partial charge in [0.15, 0.2) is 23.1 Å². The summed E-state index contributed by atoms with van der Waals surface area (Å²) in [6, 6.07) is 8.42. The number of nitriles is 1. The highest BCUT2D eigenvalue weighted by Crippen LogP contribution is 2.16. The van der Waals surface area contributed by atoms with Gasteiger partial charge in [-0.2, -0.15) is 5.26 Å². The average molecular weight is 338 g/mol. The van der Waals surface area contributed by atoms with Crippen molar-refractivity contribution < 1.29 is 14.0 Å². The first-order chi connectivity index (χ1) is 12.0. The Bertz CT molecular complexity index is 1050. The van der Waals surface area contributed by atoms with Crippen LogP contribution in [0.5, 0.6) is 0 Å². The number of pyridine rings is 1. The van der Waals surface area contributed by atoms with Crippen molar-refractivity contribution in [2.24, 2.45) is 5.92 Å². The zero-order chi connectivity index (χ0) is 18.0. The molecule has 0 aliphatic heterocycles. The molecule has 0 aliphatic rings. The molecule has 25 heavy (non-hydrogen) atoms. The van der Waals surface area contributed by atoms with Crippen molar-refractivity contribution >= 4 is 17.2 Å². The van der Waals surface area contributed by atoms with Gasteiger partial charge in [0.25, 0.3) is 0 Å². The molecule has 126 valence electrons. The van der Waals surface area contributed by atoms with Gasteiger partial charge >= 0.3 is 5.69 Å². The maximum absolute atomic E-state index is 12.3. The Kier molecular flexibility index (Phi) is 4.31. The minimum absolute atomic E-state index is 0.00444. The molecule has 0 fully saturated rings.